The molecule has 3 fully saturated rings. The molecule has 3 heterocycles. The molecule has 0 aliphatic carbocycles. The minimum Gasteiger partial charge on any atom is -0.508 e. The van der Waals surface area contributed by atoms with Gasteiger partial charge in [0, 0.05) is 33.0 Å². The average molecular weight is 1530 g/mol. The molecule has 0 aromatic heterocycles. The Labute approximate surface area is 629 Å². The maximum atomic E-state index is 14.8. The number of amides is 13. The summed E-state index contributed by atoms with van der Waals surface area (Å²) in [5, 5.41) is 98.0. The Bertz CT molecular complexity index is 3200. The van der Waals surface area contributed by atoms with E-state index in [1.54, 1.807) is 13.8 Å². The van der Waals surface area contributed by atoms with E-state index in [2.05, 4.69) is 54.8 Å². The summed E-state index contributed by atoms with van der Waals surface area (Å²) < 4.78 is 6.02. The van der Waals surface area contributed by atoms with Crippen LogP contribution in [0.5, 0.6) is 5.75 Å². The van der Waals surface area contributed by atoms with Crippen molar-refractivity contribution in [2.24, 2.45) is 17.4 Å². The van der Waals surface area contributed by atoms with Gasteiger partial charge in [-0.15, -0.1) is 0 Å². The first kappa shape index (κ1) is 91.7. The Kier molecular flexibility index (Phi) is 38.5. The number of hydrogen-bond acceptors (Lipinski definition) is 23. The van der Waals surface area contributed by atoms with Crippen LogP contribution in [0, 0.1) is 5.92 Å². The normalized spacial score (nSPS) is 27.5. The molecule has 36 heteroatoms. The van der Waals surface area contributed by atoms with Crippen LogP contribution < -0.4 is 59.3 Å². The molecule has 3 aliphatic rings. The maximum Gasteiger partial charge on any atom is 0.328 e. The van der Waals surface area contributed by atoms with E-state index in [4.69, 9.17) is 16.2 Å². The number of aromatic hydroxyl groups is 1. The zero-order chi connectivity index (χ0) is 80.8. The molecule has 4 rings (SSSR count). The maximum absolute atomic E-state index is 14.8. The topological polar surface area (TPSA) is 560 Å². The van der Waals surface area contributed by atoms with E-state index in [0.29, 0.717) is 18.4 Å². The van der Waals surface area contributed by atoms with Crippen LogP contribution >= 0.6 is 0 Å². The van der Waals surface area contributed by atoms with E-state index in [-0.39, 0.29) is 57.4 Å². The Hall–Kier alpha value is -8.68. The van der Waals surface area contributed by atoms with Crippen LogP contribution in [0.3, 0.4) is 0 Å². The number of likely N-dealkylation sites (N-methyl/N-ethyl adjacent to an activating group) is 1. The van der Waals surface area contributed by atoms with Crippen molar-refractivity contribution in [3.05, 3.63) is 29.8 Å². The molecule has 18 unspecified atom stereocenters. The fraction of sp³-hybridized carbons (Fsp3) is 0.722. The summed E-state index contributed by atoms with van der Waals surface area (Å²) in [6.07, 6.45) is -3.26. The molecule has 1 aromatic rings. The predicted molar refractivity (Wildman–Crippen MR) is 389 cm³/mol. The molecule has 0 bridgehead atoms. The second-order valence-corrected chi connectivity index (χ2v) is 28.9. The number of carbonyl (C=O) groups excluding carboxylic acids is 14. The SMILES string of the molecule is CCCCCCCCCCCCCC1CC(=O)N(C)C(C(C)O)C(=O)NC(C)C(=O)NC(Cc2ccc(O)cc2)C(=O)NC(C(C)C)C(=O)N2CC(O)CC2C(=O)NC(C(C)O)C(=O)NC(C(C)O)C(=O)N2CCCC2C(=O)NC(C(O)CC(N)=O)C(=O)NCC(=O)NC(C(C)O)C(=O)NC(CCCN)C(=O)O1. The number of ether oxygens (including phenoxy) is 1. The monoisotopic (exact) mass is 1530 g/mol. The number of unbranched alkanes of at least 4 members (excludes halogenated alkanes) is 10. The first-order valence-electron chi connectivity index (χ1n) is 37.5. The molecule has 36 nitrogen and oxygen atoms in total. The fourth-order valence-corrected chi connectivity index (χ4v) is 13.1. The minimum absolute atomic E-state index is 0.00206. The van der Waals surface area contributed by atoms with Crippen molar-refractivity contribution in [1.29, 1.82) is 0 Å². The number of carbonyl (C=O) groups is 14. The van der Waals surface area contributed by atoms with Gasteiger partial charge in [0.25, 0.3) is 0 Å². The smallest absolute Gasteiger partial charge is 0.328 e. The second kappa shape index (κ2) is 45.3. The molecule has 0 spiro atoms. The zero-order valence-electron chi connectivity index (χ0n) is 63.5. The van der Waals surface area contributed by atoms with Crippen LogP contribution in [0.15, 0.2) is 24.3 Å². The highest BCUT2D eigenvalue weighted by atomic mass is 16.5. The quantitative estimate of drug-likeness (QED) is 0.0327. The number of nitrogens with two attached hydrogens (primary N) is 2. The van der Waals surface area contributed by atoms with E-state index in [0.717, 1.165) is 80.4 Å². The van der Waals surface area contributed by atoms with Crippen molar-refractivity contribution in [3.63, 3.8) is 0 Å². The number of fused-ring (bicyclic) bond motifs is 2. The van der Waals surface area contributed by atoms with Gasteiger partial charge < -0.3 is 115 Å². The first-order chi connectivity index (χ1) is 50.9. The van der Waals surface area contributed by atoms with Gasteiger partial charge in [-0.25, -0.2) is 4.79 Å². The van der Waals surface area contributed by atoms with E-state index in [1.807, 2.05) is 0 Å². The molecule has 108 heavy (non-hydrogen) atoms. The van der Waals surface area contributed by atoms with Crippen LogP contribution in [0.2, 0.25) is 0 Å². The van der Waals surface area contributed by atoms with Crippen LogP contribution in [0.25, 0.3) is 0 Å². The molecule has 1 aromatic carbocycles. The average Bonchev–Trinajstić information content (AvgIpc) is 1.60. The number of hydrogen-bond donors (Lipinski definition) is 18. The van der Waals surface area contributed by atoms with Crippen molar-refractivity contribution in [2.75, 3.05) is 33.2 Å². The van der Waals surface area contributed by atoms with Gasteiger partial charge in [0.1, 0.15) is 78.3 Å². The van der Waals surface area contributed by atoms with Gasteiger partial charge in [0.2, 0.25) is 76.8 Å². The molecule has 0 saturated carbocycles. The summed E-state index contributed by atoms with van der Waals surface area (Å²) in [5.74, 6) is -16.2. The highest BCUT2D eigenvalue weighted by Gasteiger charge is 2.47. The Morgan fingerprint density at radius 3 is 1.67 bits per heavy atom. The van der Waals surface area contributed by atoms with Gasteiger partial charge in [0.15, 0.2) is 0 Å². The van der Waals surface area contributed by atoms with Gasteiger partial charge >= 0.3 is 5.97 Å². The fourth-order valence-electron chi connectivity index (χ4n) is 13.1. The van der Waals surface area contributed by atoms with Gasteiger partial charge in [-0.2, -0.15) is 0 Å². The second-order valence-electron chi connectivity index (χ2n) is 28.9. The Morgan fingerprint density at radius 1 is 0.574 bits per heavy atom. The van der Waals surface area contributed by atoms with Crippen LogP contribution in [-0.2, 0) is 78.3 Å². The van der Waals surface area contributed by atoms with Gasteiger partial charge in [0.05, 0.1) is 56.0 Å². The lowest BCUT2D eigenvalue weighted by molar-refractivity contribution is -0.157. The van der Waals surface area contributed by atoms with Gasteiger partial charge in [-0.05, 0) is 103 Å². The predicted octanol–water partition coefficient (Wildman–Crippen LogP) is -4.10. The van der Waals surface area contributed by atoms with Crippen LogP contribution in [0.1, 0.15) is 183 Å². The van der Waals surface area contributed by atoms with Crippen LogP contribution in [0.4, 0.5) is 0 Å². The summed E-state index contributed by atoms with van der Waals surface area (Å²) in [7, 11) is 1.20. The molecule has 3 aliphatic heterocycles. The summed E-state index contributed by atoms with van der Waals surface area (Å²) >= 11 is 0. The number of phenols is 1. The lowest BCUT2D eigenvalue weighted by Gasteiger charge is -2.33. The summed E-state index contributed by atoms with van der Waals surface area (Å²) in [6, 6.07) is -13.3. The Morgan fingerprint density at radius 2 is 1.10 bits per heavy atom. The molecule has 13 amide bonds. The molecule has 3 saturated heterocycles. The molecular formula is C72H118N14O22. The van der Waals surface area contributed by atoms with Gasteiger partial charge in [-0.1, -0.05) is 97.1 Å². The summed E-state index contributed by atoms with van der Waals surface area (Å²) in [6.45, 7) is 9.25. The third kappa shape index (κ3) is 28.7. The molecule has 0 radical (unpaired) electrons. The number of phenolic OH excluding ortho intramolecular Hbond substituents is 1. The number of esters is 1. The van der Waals surface area contributed by atoms with E-state index < -0.39 is 230 Å². The van der Waals surface area contributed by atoms with E-state index in [1.165, 1.54) is 58.0 Å². The van der Waals surface area contributed by atoms with Crippen molar-refractivity contribution in [2.45, 2.75) is 293 Å². The number of primary amides is 1. The minimum atomic E-state index is -2.10. The largest absolute Gasteiger partial charge is 0.508 e. The standard InChI is InChI=1S/C72H118N14O22/c1-10-11-12-13-14-15-16-17-18-19-20-23-47-34-55(96)84(9)61(43(8)90)69(104)76-39(4)62(97)78-49(32-44-26-28-45(91)29-27-44)63(98)80-56(38(2)3)70(105)86-37-46(92)33-51(86)65(100)81-58(41(6)88)68(103)82-59(42(7)89)71(106)85-31-22-25-50(85)64(99)83-60(52(93)35-53(74)94)66(101)75-36-54(95)79-57(40(5)87)67(102)77-48(24-21-30-73)72(107)108-47/h26-29,38-43,46-52,56-61,87-93H,10-25,30-37,73H2,1-9H3,(H2,74,94)(H,75,101)(H,76,104)(H,77,102)(H,78,97)(H,79,95)(H,80,98)(H,81,100)(H,82,103)(H,83,99). The number of cyclic esters (lactones) is 1. The van der Waals surface area contributed by atoms with E-state index >= 15 is 0 Å². The number of nitrogens with one attached hydrogen (secondary N) is 9. The summed E-state index contributed by atoms with van der Waals surface area (Å²) in [5.41, 5.74) is 11.6. The molecule has 18 atom stereocenters. The highest BCUT2D eigenvalue weighted by molar-refractivity contribution is 6.00. The number of nitrogens with zero attached hydrogens (tertiary/aromatic N) is 3. The van der Waals surface area contributed by atoms with Gasteiger partial charge in [-0.3, -0.25) is 62.3 Å². The first-order valence-corrected chi connectivity index (χ1v) is 37.5. The van der Waals surface area contributed by atoms with Crippen molar-refractivity contribution < 1.29 is 108 Å². The van der Waals surface area contributed by atoms with Crippen molar-refractivity contribution in [3.8, 4) is 5.75 Å². The molecular weight excluding hydrogens is 1410 g/mol. The third-order valence-corrected chi connectivity index (χ3v) is 19.3. The third-order valence-electron chi connectivity index (χ3n) is 19.3. The number of rotatable bonds is 25. The van der Waals surface area contributed by atoms with Crippen molar-refractivity contribution in [1.82, 2.24) is 62.6 Å². The van der Waals surface area contributed by atoms with Crippen LogP contribution in [-0.4, -0.2) is 276 Å². The number of aliphatic hydroxyl groups excluding tert-OH is 6. The van der Waals surface area contributed by atoms with E-state index in [9.17, 15) is 103 Å². The van der Waals surface area contributed by atoms with Crippen molar-refractivity contribution >= 4 is 82.8 Å². The molecule has 608 valence electrons. The zero-order valence-corrected chi connectivity index (χ0v) is 63.5. The highest BCUT2D eigenvalue weighted by Crippen LogP contribution is 2.25. The lowest BCUT2D eigenvalue weighted by Crippen LogP contribution is -2.63. The Balaban J connectivity index is 1.80. The number of aliphatic hydroxyl groups is 6. The lowest BCUT2D eigenvalue weighted by atomic mass is 9.99. The number of benzene rings is 1. The summed E-state index contributed by atoms with van der Waals surface area (Å²) in [4.78, 5) is 201. The molecule has 20 N–H and O–H groups in total.